The molecule has 0 bridgehead atoms. The Kier molecular flexibility index (Phi) is 5.73. The van der Waals surface area contributed by atoms with Gasteiger partial charge in [-0.2, -0.15) is 4.98 Å². The third-order valence-corrected chi connectivity index (χ3v) is 8.29. The summed E-state index contributed by atoms with van der Waals surface area (Å²) < 4.78 is 1.95. The monoisotopic (exact) mass is 458 g/mol. The fraction of sp³-hybridized carbons (Fsp3) is 0.519. The fourth-order valence-corrected chi connectivity index (χ4v) is 6.31. The molecule has 7 nitrogen and oxygen atoms in total. The van der Waals surface area contributed by atoms with Crippen molar-refractivity contribution in [1.29, 1.82) is 0 Å². The Morgan fingerprint density at radius 1 is 0.912 bits per heavy atom. The van der Waals surface area contributed by atoms with Gasteiger partial charge in [0.05, 0.1) is 0 Å². The molecule has 6 rings (SSSR count). The van der Waals surface area contributed by atoms with Gasteiger partial charge in [-0.1, -0.05) is 19.3 Å². The first-order valence-corrected chi connectivity index (χ1v) is 12.8. The molecule has 3 atom stereocenters. The Morgan fingerprint density at radius 3 is 2.53 bits per heavy atom. The first kappa shape index (κ1) is 21.6. The van der Waals surface area contributed by atoms with E-state index in [9.17, 15) is 4.79 Å². The van der Waals surface area contributed by atoms with Gasteiger partial charge in [0, 0.05) is 61.2 Å². The molecule has 3 unspecified atom stereocenters. The summed E-state index contributed by atoms with van der Waals surface area (Å²) in [6.07, 6.45) is 9.26. The van der Waals surface area contributed by atoms with Crippen molar-refractivity contribution in [2.45, 2.75) is 44.6 Å². The number of pyridine rings is 1. The van der Waals surface area contributed by atoms with Crippen LogP contribution in [0.5, 0.6) is 0 Å². The summed E-state index contributed by atoms with van der Waals surface area (Å²) in [4.78, 5) is 27.1. The minimum Gasteiger partial charge on any atom is -0.369 e. The molecule has 1 aromatic carbocycles. The van der Waals surface area contributed by atoms with Crippen LogP contribution in [0.2, 0.25) is 0 Å². The zero-order valence-corrected chi connectivity index (χ0v) is 20.0. The molecule has 178 valence electrons. The minimum absolute atomic E-state index is 0.0510. The summed E-state index contributed by atoms with van der Waals surface area (Å²) in [6.45, 7) is 4.29. The van der Waals surface area contributed by atoms with Crippen molar-refractivity contribution >= 4 is 28.4 Å². The van der Waals surface area contributed by atoms with E-state index in [2.05, 4.69) is 51.4 Å². The number of hydrogen-bond acceptors (Lipinski definition) is 6. The minimum atomic E-state index is 0.0510. The van der Waals surface area contributed by atoms with Gasteiger partial charge in [0.25, 0.3) is 5.56 Å². The smallest absolute Gasteiger partial charge is 0.252 e. The molecule has 2 saturated carbocycles. The largest absolute Gasteiger partial charge is 0.369 e. The number of fused-ring (bicyclic) bond motifs is 2. The molecule has 7 heteroatoms. The van der Waals surface area contributed by atoms with E-state index >= 15 is 0 Å². The number of nitrogens with zero attached hydrogens (tertiary/aromatic N) is 5. The molecular weight excluding hydrogens is 424 g/mol. The summed E-state index contributed by atoms with van der Waals surface area (Å²) in [5.41, 5.74) is 3.00. The van der Waals surface area contributed by atoms with Gasteiger partial charge in [-0.05, 0) is 68.5 Å². The first-order chi connectivity index (χ1) is 16.6. The van der Waals surface area contributed by atoms with Gasteiger partial charge in [0.1, 0.15) is 5.65 Å². The van der Waals surface area contributed by atoms with Gasteiger partial charge in [-0.25, -0.2) is 4.98 Å². The Bertz CT molecular complexity index is 1210. The van der Waals surface area contributed by atoms with E-state index in [0.717, 1.165) is 67.6 Å². The fourth-order valence-electron chi connectivity index (χ4n) is 6.31. The molecule has 3 fully saturated rings. The summed E-state index contributed by atoms with van der Waals surface area (Å²) in [7, 11) is 2.17. The van der Waals surface area contributed by atoms with Crippen LogP contribution in [0.1, 0.15) is 44.6 Å². The number of aromatic nitrogens is 3. The van der Waals surface area contributed by atoms with Gasteiger partial charge in [-0.3, -0.25) is 9.36 Å². The van der Waals surface area contributed by atoms with Crippen LogP contribution in [0.15, 0.2) is 47.4 Å². The molecule has 0 spiro atoms. The number of benzene rings is 1. The Morgan fingerprint density at radius 2 is 1.71 bits per heavy atom. The van der Waals surface area contributed by atoms with E-state index in [-0.39, 0.29) is 11.6 Å². The zero-order valence-electron chi connectivity index (χ0n) is 20.0. The van der Waals surface area contributed by atoms with Crippen molar-refractivity contribution < 1.29 is 0 Å². The lowest BCUT2D eigenvalue weighted by atomic mass is 9.79. The van der Waals surface area contributed by atoms with Crippen LogP contribution in [0, 0.1) is 11.8 Å². The number of piperazine rings is 1. The molecule has 34 heavy (non-hydrogen) atoms. The maximum Gasteiger partial charge on any atom is 0.252 e. The van der Waals surface area contributed by atoms with Crippen LogP contribution in [0.25, 0.3) is 11.0 Å². The number of rotatable bonds is 4. The highest BCUT2D eigenvalue weighted by atomic mass is 16.1. The highest BCUT2D eigenvalue weighted by Gasteiger charge is 2.35. The van der Waals surface area contributed by atoms with E-state index in [1.807, 2.05) is 16.8 Å². The third kappa shape index (κ3) is 4.17. The van der Waals surface area contributed by atoms with Crippen molar-refractivity contribution in [3.8, 4) is 0 Å². The Balaban J connectivity index is 1.24. The van der Waals surface area contributed by atoms with Gasteiger partial charge in [0.15, 0.2) is 0 Å². The highest BCUT2D eigenvalue weighted by molar-refractivity contribution is 5.76. The summed E-state index contributed by atoms with van der Waals surface area (Å²) in [5, 5.41) is 4.28. The van der Waals surface area contributed by atoms with Crippen molar-refractivity contribution in [1.82, 2.24) is 19.4 Å². The molecule has 3 aliphatic rings. The quantitative estimate of drug-likeness (QED) is 0.624. The van der Waals surface area contributed by atoms with Gasteiger partial charge in [-0.15, -0.1) is 0 Å². The second-order valence-electron chi connectivity index (χ2n) is 10.4. The topological polar surface area (TPSA) is 66.3 Å². The van der Waals surface area contributed by atoms with Crippen molar-refractivity contribution in [3.63, 3.8) is 0 Å². The average molecular weight is 459 g/mol. The van der Waals surface area contributed by atoms with Gasteiger partial charge < -0.3 is 15.1 Å². The molecular formula is C27H34N6O. The SMILES string of the molecule is CN1CCN(c2ccc(Nc3ncc4ccc(=O)n(C5CCC6CCCC6C5)c4n3)cc2)CC1. The number of hydrogen-bond donors (Lipinski definition) is 1. The lowest BCUT2D eigenvalue weighted by molar-refractivity contribution is 0.210. The maximum atomic E-state index is 13.0. The molecule has 0 amide bonds. The Hall–Kier alpha value is -2.93. The zero-order chi connectivity index (χ0) is 23.1. The number of likely N-dealkylation sites (N-methyl/N-ethyl adjacent to an activating group) is 1. The van der Waals surface area contributed by atoms with Crippen LogP contribution in [-0.2, 0) is 0 Å². The Labute approximate surface area is 200 Å². The van der Waals surface area contributed by atoms with Crippen LogP contribution < -0.4 is 15.8 Å². The summed E-state index contributed by atoms with van der Waals surface area (Å²) in [5.74, 6) is 2.16. The normalized spacial score (nSPS) is 25.4. The number of anilines is 3. The molecule has 1 aliphatic heterocycles. The predicted octanol–water partition coefficient (Wildman–Crippen LogP) is 4.43. The number of nitrogens with one attached hydrogen (secondary N) is 1. The van der Waals surface area contributed by atoms with Crippen molar-refractivity contribution in [2.24, 2.45) is 11.8 Å². The molecule has 0 radical (unpaired) electrons. The van der Waals surface area contributed by atoms with Gasteiger partial charge >= 0.3 is 0 Å². The first-order valence-electron chi connectivity index (χ1n) is 12.8. The van der Waals surface area contributed by atoms with Crippen molar-refractivity contribution in [2.75, 3.05) is 43.4 Å². The summed E-state index contributed by atoms with van der Waals surface area (Å²) >= 11 is 0. The lowest BCUT2D eigenvalue weighted by Crippen LogP contribution is -2.44. The standard InChI is InChI=1S/C27H34N6O/c1-31-13-15-32(16-14-31)23-10-7-22(8-11-23)29-27-28-18-21-6-12-25(34)33(26(21)30-27)24-9-5-19-3-2-4-20(19)17-24/h6-8,10-12,18-20,24H,2-5,9,13-17H2,1H3,(H,28,29,30). The van der Waals surface area contributed by atoms with E-state index in [4.69, 9.17) is 4.98 Å². The second kappa shape index (κ2) is 9.02. The molecule has 2 aromatic heterocycles. The lowest BCUT2D eigenvalue weighted by Gasteiger charge is -2.34. The molecule has 2 aliphatic carbocycles. The van der Waals surface area contributed by atoms with E-state index in [1.54, 1.807) is 6.07 Å². The predicted molar refractivity (Wildman–Crippen MR) is 137 cm³/mol. The molecule has 3 aromatic rings. The molecule has 3 heterocycles. The summed E-state index contributed by atoms with van der Waals surface area (Å²) in [6, 6.07) is 12.2. The average Bonchev–Trinajstić information content (AvgIpc) is 3.33. The van der Waals surface area contributed by atoms with Crippen LogP contribution in [0.4, 0.5) is 17.3 Å². The van der Waals surface area contributed by atoms with Crippen LogP contribution >= 0.6 is 0 Å². The third-order valence-electron chi connectivity index (χ3n) is 8.29. The molecule has 1 saturated heterocycles. The van der Waals surface area contributed by atoms with Crippen molar-refractivity contribution in [3.05, 3.63) is 52.9 Å². The second-order valence-corrected chi connectivity index (χ2v) is 10.4. The van der Waals surface area contributed by atoms with Gasteiger partial charge in [0.2, 0.25) is 5.95 Å². The maximum absolute atomic E-state index is 13.0. The van der Waals surface area contributed by atoms with Crippen LogP contribution in [0.3, 0.4) is 0 Å². The highest BCUT2D eigenvalue weighted by Crippen LogP contribution is 2.45. The van der Waals surface area contributed by atoms with E-state index in [0.29, 0.717) is 5.95 Å². The van der Waals surface area contributed by atoms with E-state index in [1.165, 1.54) is 31.4 Å². The molecule has 1 N–H and O–H groups in total. The van der Waals surface area contributed by atoms with Crippen LogP contribution in [-0.4, -0.2) is 52.7 Å². The van der Waals surface area contributed by atoms with E-state index < -0.39 is 0 Å².